The van der Waals surface area contributed by atoms with Crippen molar-refractivity contribution < 1.29 is 4.39 Å². The van der Waals surface area contributed by atoms with Gasteiger partial charge in [0.25, 0.3) is 0 Å². The number of hydrogen-bond donors (Lipinski definition) is 0. The van der Waals surface area contributed by atoms with Gasteiger partial charge in [-0.05, 0) is 36.6 Å². The van der Waals surface area contributed by atoms with Crippen molar-refractivity contribution in [3.8, 4) is 0 Å². The van der Waals surface area contributed by atoms with Crippen molar-refractivity contribution in [1.82, 2.24) is 4.90 Å². The first kappa shape index (κ1) is 13.5. The Morgan fingerprint density at radius 1 is 1.28 bits per heavy atom. The summed E-state index contributed by atoms with van der Waals surface area (Å²) >= 11 is 0. The summed E-state index contributed by atoms with van der Waals surface area (Å²) < 4.78 is 14.2. The van der Waals surface area contributed by atoms with E-state index < -0.39 is 6.17 Å². The molecule has 1 aliphatic rings. The fourth-order valence-electron chi connectivity index (χ4n) is 2.76. The van der Waals surface area contributed by atoms with Crippen LogP contribution in [0.3, 0.4) is 0 Å². The van der Waals surface area contributed by atoms with Crippen molar-refractivity contribution in [2.24, 2.45) is 0 Å². The quantitative estimate of drug-likeness (QED) is 0.784. The molecule has 1 fully saturated rings. The van der Waals surface area contributed by atoms with Gasteiger partial charge in [0.05, 0.1) is 0 Å². The van der Waals surface area contributed by atoms with E-state index >= 15 is 0 Å². The number of benzene rings is 1. The molecule has 2 rings (SSSR count). The normalized spacial score (nSPS) is 25.6. The van der Waals surface area contributed by atoms with Gasteiger partial charge < -0.3 is 4.90 Å². The predicted octanol–water partition coefficient (Wildman–Crippen LogP) is 3.96. The minimum Gasteiger partial charge on any atom is -0.301 e. The highest BCUT2D eigenvalue weighted by Gasteiger charge is 2.29. The second-order valence-electron chi connectivity index (χ2n) is 5.63. The van der Waals surface area contributed by atoms with Crippen LogP contribution in [0.1, 0.15) is 50.2 Å². The Hall–Kier alpha value is -0.890. The highest BCUT2D eigenvalue weighted by atomic mass is 19.1. The number of piperidine rings is 1. The van der Waals surface area contributed by atoms with Crippen molar-refractivity contribution >= 4 is 0 Å². The molecule has 1 nitrogen and oxygen atoms in total. The van der Waals surface area contributed by atoms with Crippen LogP contribution in [-0.2, 0) is 0 Å². The molecule has 0 unspecified atom stereocenters. The zero-order valence-electron chi connectivity index (χ0n) is 11.7. The molecule has 100 valence electrons. The Morgan fingerprint density at radius 3 is 2.44 bits per heavy atom. The van der Waals surface area contributed by atoms with Crippen LogP contribution in [0.4, 0.5) is 4.39 Å². The van der Waals surface area contributed by atoms with Gasteiger partial charge in [0.15, 0.2) is 0 Å². The van der Waals surface area contributed by atoms with Gasteiger partial charge in [0, 0.05) is 12.5 Å². The molecule has 0 radical (unpaired) electrons. The summed E-state index contributed by atoms with van der Waals surface area (Å²) in [6.07, 6.45) is 0.222. The van der Waals surface area contributed by atoms with E-state index in [1.54, 1.807) is 0 Å². The van der Waals surface area contributed by atoms with E-state index in [-0.39, 0.29) is 5.92 Å². The minimum atomic E-state index is -0.719. The molecule has 0 aliphatic carbocycles. The first-order chi connectivity index (χ1) is 8.61. The molecular weight excluding hydrogens is 225 g/mol. The van der Waals surface area contributed by atoms with E-state index in [1.165, 1.54) is 11.1 Å². The van der Waals surface area contributed by atoms with Crippen molar-refractivity contribution in [2.75, 3.05) is 19.6 Å². The first-order valence-electron chi connectivity index (χ1n) is 7.08. The summed E-state index contributed by atoms with van der Waals surface area (Å²) in [5, 5.41) is 0. The number of rotatable bonds is 3. The van der Waals surface area contributed by atoms with E-state index in [1.807, 2.05) is 0 Å². The van der Waals surface area contributed by atoms with Crippen LogP contribution in [-0.4, -0.2) is 30.7 Å². The Bertz CT molecular complexity index is 371. The molecule has 0 aromatic heterocycles. The Morgan fingerprint density at radius 2 is 1.94 bits per heavy atom. The van der Waals surface area contributed by atoms with Crippen LogP contribution < -0.4 is 0 Å². The zero-order chi connectivity index (χ0) is 13.1. The molecule has 0 saturated carbocycles. The van der Waals surface area contributed by atoms with Crippen LogP contribution in [0.25, 0.3) is 0 Å². The highest BCUT2D eigenvalue weighted by Crippen LogP contribution is 2.31. The maximum Gasteiger partial charge on any atom is 0.120 e. The average Bonchev–Trinajstić information content (AvgIpc) is 2.38. The van der Waals surface area contributed by atoms with E-state index in [0.29, 0.717) is 12.5 Å². The summed E-state index contributed by atoms with van der Waals surface area (Å²) in [6, 6.07) is 8.54. The molecule has 0 N–H and O–H groups in total. The lowest BCUT2D eigenvalue weighted by molar-refractivity contribution is 0.122. The van der Waals surface area contributed by atoms with Crippen molar-refractivity contribution in [2.45, 2.75) is 45.2 Å². The lowest BCUT2D eigenvalue weighted by atomic mass is 9.87. The molecule has 1 heterocycles. The van der Waals surface area contributed by atoms with Gasteiger partial charge in [-0.15, -0.1) is 0 Å². The fourth-order valence-corrected chi connectivity index (χ4v) is 2.76. The van der Waals surface area contributed by atoms with Gasteiger partial charge in [0.2, 0.25) is 0 Å². The third-order valence-electron chi connectivity index (χ3n) is 4.10. The van der Waals surface area contributed by atoms with Crippen LogP contribution in [0.15, 0.2) is 24.3 Å². The van der Waals surface area contributed by atoms with E-state index in [0.717, 1.165) is 19.5 Å². The minimum absolute atomic E-state index is 0.0917. The smallest absolute Gasteiger partial charge is 0.120 e. The lowest BCUT2D eigenvalue weighted by Gasteiger charge is -2.34. The number of likely N-dealkylation sites (tertiary alicyclic amines) is 1. The monoisotopic (exact) mass is 249 g/mol. The van der Waals surface area contributed by atoms with Gasteiger partial charge in [-0.1, -0.05) is 45.0 Å². The lowest BCUT2D eigenvalue weighted by Crippen LogP contribution is -2.40. The van der Waals surface area contributed by atoms with Crippen LogP contribution >= 0.6 is 0 Å². The van der Waals surface area contributed by atoms with Gasteiger partial charge in [-0.2, -0.15) is 0 Å². The molecule has 0 spiro atoms. The molecule has 2 heteroatoms. The van der Waals surface area contributed by atoms with E-state index in [4.69, 9.17) is 0 Å². The van der Waals surface area contributed by atoms with E-state index in [2.05, 4.69) is 49.9 Å². The van der Waals surface area contributed by atoms with E-state index in [9.17, 15) is 4.39 Å². The number of alkyl halides is 1. The summed E-state index contributed by atoms with van der Waals surface area (Å²) in [6.45, 7) is 9.05. The maximum absolute atomic E-state index is 14.2. The second-order valence-corrected chi connectivity index (χ2v) is 5.63. The van der Waals surface area contributed by atoms with Crippen molar-refractivity contribution in [3.05, 3.63) is 35.4 Å². The molecule has 1 aliphatic heterocycles. The Kier molecular flexibility index (Phi) is 4.39. The summed E-state index contributed by atoms with van der Waals surface area (Å²) in [7, 11) is 0. The number of nitrogens with zero attached hydrogens (tertiary/aromatic N) is 1. The highest BCUT2D eigenvalue weighted by molar-refractivity contribution is 5.28. The molecule has 1 aromatic carbocycles. The van der Waals surface area contributed by atoms with Gasteiger partial charge >= 0.3 is 0 Å². The van der Waals surface area contributed by atoms with Crippen molar-refractivity contribution in [1.29, 1.82) is 0 Å². The van der Waals surface area contributed by atoms with Crippen molar-refractivity contribution in [3.63, 3.8) is 0 Å². The summed E-state index contributed by atoms with van der Waals surface area (Å²) in [5.41, 5.74) is 2.50. The molecule has 0 amide bonds. The van der Waals surface area contributed by atoms with Crippen LogP contribution in [0, 0.1) is 0 Å². The van der Waals surface area contributed by atoms with Gasteiger partial charge in [-0.25, -0.2) is 4.39 Å². The zero-order valence-corrected chi connectivity index (χ0v) is 11.7. The Balaban J connectivity index is 2.07. The number of halogens is 1. The molecule has 2 atom stereocenters. The third-order valence-corrected chi connectivity index (χ3v) is 4.10. The topological polar surface area (TPSA) is 3.24 Å². The molecule has 1 aromatic rings. The van der Waals surface area contributed by atoms with Gasteiger partial charge in [0.1, 0.15) is 6.17 Å². The summed E-state index contributed by atoms with van der Waals surface area (Å²) in [4.78, 5) is 2.20. The maximum atomic E-state index is 14.2. The third kappa shape index (κ3) is 2.92. The largest absolute Gasteiger partial charge is 0.301 e. The predicted molar refractivity (Wildman–Crippen MR) is 74.9 cm³/mol. The van der Waals surface area contributed by atoms with Gasteiger partial charge in [-0.3, -0.25) is 0 Å². The molecule has 18 heavy (non-hydrogen) atoms. The Labute approximate surface area is 110 Å². The van der Waals surface area contributed by atoms with Crippen LogP contribution in [0.5, 0.6) is 0 Å². The number of hydrogen-bond acceptors (Lipinski definition) is 1. The molecule has 0 bridgehead atoms. The average molecular weight is 249 g/mol. The molecule has 1 saturated heterocycles. The SMILES string of the molecule is CCN1CC[C@@H](c2ccc(C(C)C)cc2)[C@H](F)C1. The fraction of sp³-hybridized carbons (Fsp3) is 0.625. The van der Waals surface area contributed by atoms with Crippen LogP contribution in [0.2, 0.25) is 0 Å². The standard InChI is InChI=1S/C16H24FN/c1-4-18-10-9-15(16(17)11-18)14-7-5-13(6-8-14)12(2)3/h5-8,12,15-16H,4,9-11H2,1-3H3/t15-,16+/m0/s1. The molecular formula is C16H24FN. The summed E-state index contributed by atoms with van der Waals surface area (Å²) in [5.74, 6) is 0.635. The first-order valence-corrected chi connectivity index (χ1v) is 7.08. The second kappa shape index (κ2) is 5.83.